The van der Waals surface area contributed by atoms with E-state index in [-0.39, 0.29) is 24.4 Å². The van der Waals surface area contributed by atoms with Crippen molar-refractivity contribution in [3.8, 4) is 17.5 Å². The molecular weight excluding hydrogens is 324 g/mol. The highest BCUT2D eigenvalue weighted by atomic mass is 16.5. The lowest BCUT2D eigenvalue weighted by Crippen LogP contribution is -2.13. The van der Waals surface area contributed by atoms with Crippen molar-refractivity contribution in [2.75, 3.05) is 18.5 Å². The molecular formula is C17H20N4O4. The SMILES string of the molecule is CC(C)(C)c1cc(NC(=O)O)n(-c2ccc(C#N)c(OCCO)c2)n1. The standard InChI is InChI=1S/C17H20N4O4/c1-17(2,3)14-9-15(19-16(23)24)21(20-14)12-5-4-11(10-18)13(8-12)25-7-6-22/h4-5,8-9,19,22H,6-7H2,1-3H3,(H,23,24). The molecule has 0 radical (unpaired) electrons. The molecule has 8 heteroatoms. The Morgan fingerprint density at radius 1 is 1.40 bits per heavy atom. The first-order valence-electron chi connectivity index (χ1n) is 7.65. The van der Waals surface area contributed by atoms with Crippen molar-refractivity contribution >= 4 is 11.9 Å². The van der Waals surface area contributed by atoms with Crippen LogP contribution in [0.2, 0.25) is 0 Å². The summed E-state index contributed by atoms with van der Waals surface area (Å²) >= 11 is 0. The zero-order chi connectivity index (χ0) is 18.6. The van der Waals surface area contributed by atoms with Gasteiger partial charge in [-0.3, -0.25) is 5.32 Å². The molecule has 1 aromatic carbocycles. The van der Waals surface area contributed by atoms with Gasteiger partial charge >= 0.3 is 6.09 Å². The molecule has 25 heavy (non-hydrogen) atoms. The number of ether oxygens (including phenoxy) is 1. The average molecular weight is 344 g/mol. The summed E-state index contributed by atoms with van der Waals surface area (Å²) in [6.45, 7) is 5.78. The average Bonchev–Trinajstić information content (AvgIpc) is 2.96. The summed E-state index contributed by atoms with van der Waals surface area (Å²) in [7, 11) is 0. The number of benzene rings is 1. The summed E-state index contributed by atoms with van der Waals surface area (Å²) in [5.41, 5.74) is 1.28. The number of hydrogen-bond donors (Lipinski definition) is 3. The Hall–Kier alpha value is -3.05. The van der Waals surface area contributed by atoms with E-state index in [9.17, 15) is 4.79 Å². The van der Waals surface area contributed by atoms with E-state index in [2.05, 4.69) is 10.4 Å². The van der Waals surface area contributed by atoms with E-state index in [1.54, 1.807) is 24.3 Å². The Morgan fingerprint density at radius 3 is 2.68 bits per heavy atom. The Kier molecular flexibility index (Phi) is 5.29. The van der Waals surface area contributed by atoms with Crippen LogP contribution in [0, 0.1) is 11.3 Å². The van der Waals surface area contributed by atoms with E-state index < -0.39 is 6.09 Å². The lowest BCUT2D eigenvalue weighted by molar-refractivity contribution is 0.201. The normalized spacial score (nSPS) is 11.0. The number of hydrogen-bond acceptors (Lipinski definition) is 5. The predicted molar refractivity (Wildman–Crippen MR) is 91.2 cm³/mol. The van der Waals surface area contributed by atoms with E-state index in [4.69, 9.17) is 20.2 Å². The third-order valence-electron chi connectivity index (χ3n) is 3.39. The van der Waals surface area contributed by atoms with Crippen molar-refractivity contribution in [1.82, 2.24) is 9.78 Å². The third kappa shape index (κ3) is 4.28. The van der Waals surface area contributed by atoms with Crippen LogP contribution in [0.4, 0.5) is 10.6 Å². The van der Waals surface area contributed by atoms with Gasteiger partial charge in [0, 0.05) is 17.5 Å². The number of aliphatic hydroxyl groups excluding tert-OH is 1. The number of amides is 1. The van der Waals surface area contributed by atoms with Gasteiger partial charge in [0.2, 0.25) is 0 Å². The second-order valence-corrected chi connectivity index (χ2v) is 6.37. The number of nitriles is 1. The second-order valence-electron chi connectivity index (χ2n) is 6.37. The Labute approximate surface area is 145 Å². The van der Waals surface area contributed by atoms with Crippen molar-refractivity contribution < 1.29 is 19.7 Å². The number of carboxylic acid groups (broad SMARTS) is 1. The lowest BCUT2D eigenvalue weighted by Gasteiger charge is -2.14. The zero-order valence-corrected chi connectivity index (χ0v) is 14.3. The fourth-order valence-electron chi connectivity index (χ4n) is 2.15. The van der Waals surface area contributed by atoms with Gasteiger partial charge in [-0.2, -0.15) is 10.4 Å². The monoisotopic (exact) mass is 344 g/mol. The van der Waals surface area contributed by atoms with Crippen LogP contribution in [0.25, 0.3) is 5.69 Å². The van der Waals surface area contributed by atoms with Crippen LogP contribution in [0.1, 0.15) is 32.0 Å². The second kappa shape index (κ2) is 7.23. The molecule has 0 unspecified atom stereocenters. The summed E-state index contributed by atoms with van der Waals surface area (Å²) in [6.07, 6.45) is -1.20. The molecule has 132 valence electrons. The highest BCUT2D eigenvalue weighted by Gasteiger charge is 2.22. The van der Waals surface area contributed by atoms with Crippen LogP contribution in [-0.2, 0) is 5.41 Å². The summed E-state index contributed by atoms with van der Waals surface area (Å²) in [5.74, 6) is 0.582. The van der Waals surface area contributed by atoms with Crippen LogP contribution >= 0.6 is 0 Å². The first-order chi connectivity index (χ1) is 11.8. The van der Waals surface area contributed by atoms with Crippen LogP contribution < -0.4 is 10.1 Å². The quantitative estimate of drug-likeness (QED) is 0.766. The van der Waals surface area contributed by atoms with Gasteiger partial charge in [0.25, 0.3) is 0 Å². The molecule has 3 N–H and O–H groups in total. The molecule has 0 fully saturated rings. The van der Waals surface area contributed by atoms with Crippen molar-refractivity contribution in [2.24, 2.45) is 0 Å². The van der Waals surface area contributed by atoms with Crippen LogP contribution in [0.3, 0.4) is 0 Å². The van der Waals surface area contributed by atoms with E-state index in [0.717, 1.165) is 0 Å². The largest absolute Gasteiger partial charge is 0.490 e. The van der Waals surface area contributed by atoms with Gasteiger partial charge in [0.15, 0.2) is 0 Å². The fourth-order valence-corrected chi connectivity index (χ4v) is 2.15. The summed E-state index contributed by atoms with van der Waals surface area (Å²) in [4.78, 5) is 11.1. The van der Waals surface area contributed by atoms with E-state index in [1.165, 1.54) is 4.68 Å². The molecule has 0 bridgehead atoms. The molecule has 1 aromatic heterocycles. The molecule has 1 amide bonds. The smallest absolute Gasteiger partial charge is 0.410 e. The number of anilines is 1. The summed E-state index contributed by atoms with van der Waals surface area (Å²) < 4.78 is 6.83. The molecule has 0 aliphatic carbocycles. The highest BCUT2D eigenvalue weighted by molar-refractivity contribution is 5.82. The molecule has 0 aliphatic rings. The Bertz CT molecular complexity index is 815. The maximum atomic E-state index is 11.1. The van der Waals surface area contributed by atoms with Crippen LogP contribution in [0.15, 0.2) is 24.3 Å². The molecule has 0 saturated carbocycles. The molecule has 8 nitrogen and oxygen atoms in total. The number of aromatic nitrogens is 2. The molecule has 0 saturated heterocycles. The minimum absolute atomic E-state index is 0.0463. The molecule has 2 rings (SSSR count). The minimum Gasteiger partial charge on any atom is -0.490 e. The molecule has 0 aliphatic heterocycles. The topological polar surface area (TPSA) is 120 Å². The number of carbonyl (C=O) groups is 1. The van der Waals surface area contributed by atoms with Crippen molar-refractivity contribution in [3.05, 3.63) is 35.5 Å². The molecule has 1 heterocycles. The Morgan fingerprint density at radius 2 is 2.12 bits per heavy atom. The number of rotatable bonds is 5. The van der Waals surface area contributed by atoms with Gasteiger partial charge in [-0.1, -0.05) is 20.8 Å². The minimum atomic E-state index is -1.20. The maximum absolute atomic E-state index is 11.1. The number of nitrogens with one attached hydrogen (secondary N) is 1. The van der Waals surface area contributed by atoms with Gasteiger partial charge in [-0.15, -0.1) is 0 Å². The third-order valence-corrected chi connectivity index (χ3v) is 3.39. The van der Waals surface area contributed by atoms with Crippen molar-refractivity contribution in [3.63, 3.8) is 0 Å². The Balaban J connectivity index is 2.54. The highest BCUT2D eigenvalue weighted by Crippen LogP contribution is 2.28. The maximum Gasteiger partial charge on any atom is 0.410 e. The van der Waals surface area contributed by atoms with Crippen LogP contribution in [0.5, 0.6) is 5.75 Å². The van der Waals surface area contributed by atoms with Crippen molar-refractivity contribution in [1.29, 1.82) is 5.26 Å². The van der Waals surface area contributed by atoms with E-state index >= 15 is 0 Å². The van der Waals surface area contributed by atoms with E-state index in [0.29, 0.717) is 22.7 Å². The number of aliphatic hydroxyl groups is 1. The summed E-state index contributed by atoms with van der Waals surface area (Å²) in [6, 6.07) is 8.47. The van der Waals surface area contributed by atoms with Gasteiger partial charge in [0.1, 0.15) is 24.2 Å². The number of nitrogens with zero attached hydrogens (tertiary/aromatic N) is 3. The van der Waals surface area contributed by atoms with Gasteiger partial charge in [0.05, 0.1) is 23.6 Å². The fraction of sp³-hybridized carbons (Fsp3) is 0.353. The predicted octanol–water partition coefficient (Wildman–Crippen LogP) is 2.50. The molecule has 2 aromatic rings. The zero-order valence-electron chi connectivity index (χ0n) is 14.3. The molecule has 0 atom stereocenters. The lowest BCUT2D eigenvalue weighted by atomic mass is 9.92. The first kappa shape index (κ1) is 18.3. The van der Waals surface area contributed by atoms with Gasteiger partial charge in [-0.05, 0) is 12.1 Å². The molecule has 0 spiro atoms. The van der Waals surface area contributed by atoms with Gasteiger partial charge in [-0.25, -0.2) is 9.48 Å². The van der Waals surface area contributed by atoms with Crippen molar-refractivity contribution in [2.45, 2.75) is 26.2 Å². The van der Waals surface area contributed by atoms with E-state index in [1.807, 2.05) is 26.8 Å². The van der Waals surface area contributed by atoms with Crippen LogP contribution in [-0.4, -0.2) is 39.3 Å². The first-order valence-corrected chi connectivity index (χ1v) is 7.65. The summed E-state index contributed by atoms with van der Waals surface area (Å²) in [5, 5.41) is 33.9. The van der Waals surface area contributed by atoms with Gasteiger partial charge < -0.3 is 14.9 Å².